The van der Waals surface area contributed by atoms with Crippen molar-refractivity contribution in [1.82, 2.24) is 15.5 Å². The van der Waals surface area contributed by atoms with E-state index in [0.717, 1.165) is 69.3 Å². The van der Waals surface area contributed by atoms with Crippen LogP contribution in [0.15, 0.2) is 24.3 Å². The number of likely N-dealkylation sites (tertiary alicyclic amines) is 1. The molecule has 3 rings (SSSR count). The van der Waals surface area contributed by atoms with Gasteiger partial charge in [0.15, 0.2) is 0 Å². The second kappa shape index (κ2) is 14.9. The average molecular weight is 518 g/mol. The highest BCUT2D eigenvalue weighted by molar-refractivity contribution is 5.74. The van der Waals surface area contributed by atoms with Gasteiger partial charge >= 0.3 is 6.03 Å². The quantitative estimate of drug-likeness (QED) is 0.300. The van der Waals surface area contributed by atoms with Crippen LogP contribution in [0.5, 0.6) is 5.75 Å². The summed E-state index contributed by atoms with van der Waals surface area (Å²) in [7, 11) is 3.64. The number of unbranched alkanes of at least 4 members (excludes halogenated alkanes) is 1. The van der Waals surface area contributed by atoms with E-state index in [-0.39, 0.29) is 24.1 Å². The first kappa shape index (κ1) is 29.7. The van der Waals surface area contributed by atoms with Gasteiger partial charge in [-0.15, -0.1) is 0 Å². The lowest BCUT2D eigenvalue weighted by Crippen LogP contribution is -2.54. The van der Waals surface area contributed by atoms with Crippen LogP contribution in [0.4, 0.5) is 4.79 Å². The largest absolute Gasteiger partial charge is 0.490 e. The number of likely N-dealkylation sites (N-methyl/N-ethyl adjacent to an activating group) is 1. The molecule has 1 saturated carbocycles. The normalized spacial score (nSPS) is 21.1. The highest BCUT2D eigenvalue weighted by Gasteiger charge is 2.43. The molecular weight excluding hydrogens is 466 g/mol. The number of methoxy groups -OCH3 is 1. The van der Waals surface area contributed by atoms with Crippen molar-refractivity contribution in [1.29, 1.82) is 0 Å². The van der Waals surface area contributed by atoms with Crippen molar-refractivity contribution in [3.05, 3.63) is 29.8 Å². The molecule has 7 heteroatoms. The molecule has 37 heavy (non-hydrogen) atoms. The van der Waals surface area contributed by atoms with Gasteiger partial charge in [-0.3, -0.25) is 0 Å². The summed E-state index contributed by atoms with van der Waals surface area (Å²) in [6, 6.07) is 8.10. The minimum atomic E-state index is -1.07. The Bertz CT molecular complexity index is 814. The monoisotopic (exact) mass is 517 g/mol. The molecule has 3 atom stereocenters. The van der Waals surface area contributed by atoms with Gasteiger partial charge in [-0.1, -0.05) is 32.0 Å². The highest BCUT2D eigenvalue weighted by atomic mass is 16.5. The van der Waals surface area contributed by atoms with E-state index < -0.39 is 5.60 Å². The van der Waals surface area contributed by atoms with Crippen molar-refractivity contribution < 1.29 is 19.4 Å². The maximum atomic E-state index is 13.3. The first-order valence-corrected chi connectivity index (χ1v) is 14.5. The van der Waals surface area contributed by atoms with Crippen LogP contribution >= 0.6 is 0 Å². The highest BCUT2D eigenvalue weighted by Crippen LogP contribution is 2.44. The number of piperidine rings is 1. The van der Waals surface area contributed by atoms with Gasteiger partial charge in [0.2, 0.25) is 0 Å². The van der Waals surface area contributed by atoms with Crippen molar-refractivity contribution in [2.45, 2.75) is 95.8 Å². The predicted octanol–water partition coefficient (Wildman–Crippen LogP) is 5.07. The van der Waals surface area contributed by atoms with Gasteiger partial charge in [0, 0.05) is 50.9 Å². The molecule has 210 valence electrons. The number of urea groups is 1. The van der Waals surface area contributed by atoms with Crippen molar-refractivity contribution in [3.63, 3.8) is 0 Å². The molecule has 0 spiro atoms. The minimum absolute atomic E-state index is 0.0252. The van der Waals surface area contributed by atoms with Crippen LogP contribution in [-0.2, 0) is 10.3 Å². The van der Waals surface area contributed by atoms with Gasteiger partial charge in [0.05, 0.1) is 11.7 Å². The van der Waals surface area contributed by atoms with Crippen molar-refractivity contribution in [3.8, 4) is 5.75 Å². The lowest BCUT2D eigenvalue weighted by molar-refractivity contribution is -0.0585. The number of nitrogens with one attached hydrogen (secondary N) is 2. The number of carbonyl (C=O) groups is 1. The van der Waals surface area contributed by atoms with Crippen LogP contribution in [0.3, 0.4) is 0 Å². The Kier molecular flexibility index (Phi) is 12.0. The van der Waals surface area contributed by atoms with Crippen LogP contribution < -0.4 is 15.4 Å². The van der Waals surface area contributed by atoms with E-state index in [9.17, 15) is 9.90 Å². The first-order valence-electron chi connectivity index (χ1n) is 14.5. The Balaban J connectivity index is 1.80. The molecule has 1 aliphatic carbocycles. The summed E-state index contributed by atoms with van der Waals surface area (Å²) in [5.74, 6) is 1.24. The standard InChI is InChI=1S/C30H51N3O4/c1-23(2)20-25(21-31-3)32-29(34)33-18-11-12-24(22-33)30(35,17-9-10-19-36-4)27-15-7-8-16-28(27)37-26-13-5-6-14-26/h7-8,15-16,23-26,31,35H,5-6,9-14,17-22H2,1-4H3,(H,32,34)/t24-,25?,30?/m1/s1. The zero-order valence-corrected chi connectivity index (χ0v) is 23.6. The molecular formula is C30H51N3O4. The molecule has 0 bridgehead atoms. The van der Waals surface area contributed by atoms with E-state index in [1.165, 1.54) is 12.8 Å². The number of aliphatic hydroxyl groups is 1. The van der Waals surface area contributed by atoms with E-state index >= 15 is 0 Å². The molecule has 1 saturated heterocycles. The lowest BCUT2D eigenvalue weighted by atomic mass is 9.73. The van der Waals surface area contributed by atoms with Crippen molar-refractivity contribution in [2.24, 2.45) is 11.8 Å². The zero-order chi connectivity index (χ0) is 26.7. The molecule has 2 aliphatic rings. The minimum Gasteiger partial charge on any atom is -0.490 e. The number of carbonyl (C=O) groups excluding carboxylic acids is 1. The Morgan fingerprint density at radius 3 is 2.62 bits per heavy atom. The average Bonchev–Trinajstić information content (AvgIpc) is 3.40. The molecule has 1 heterocycles. The molecule has 1 aromatic rings. The summed E-state index contributed by atoms with van der Waals surface area (Å²) in [6.07, 6.45) is 9.82. The van der Waals surface area contributed by atoms with Crippen molar-refractivity contribution >= 4 is 6.03 Å². The molecule has 7 nitrogen and oxygen atoms in total. The summed E-state index contributed by atoms with van der Waals surface area (Å²) < 4.78 is 11.8. The molecule has 2 fully saturated rings. The van der Waals surface area contributed by atoms with Crippen LogP contribution in [-0.4, -0.2) is 68.6 Å². The molecule has 2 unspecified atom stereocenters. The predicted molar refractivity (Wildman–Crippen MR) is 149 cm³/mol. The number of amides is 2. The topological polar surface area (TPSA) is 83.1 Å². The molecule has 2 amide bonds. The maximum absolute atomic E-state index is 13.3. The van der Waals surface area contributed by atoms with Gasteiger partial charge in [-0.05, 0) is 83.2 Å². The summed E-state index contributed by atoms with van der Waals surface area (Å²) in [4.78, 5) is 15.2. The number of benzene rings is 1. The fourth-order valence-electron chi connectivity index (χ4n) is 6.14. The fraction of sp³-hybridized carbons (Fsp3) is 0.767. The van der Waals surface area contributed by atoms with Gasteiger partial charge < -0.3 is 30.1 Å². The van der Waals surface area contributed by atoms with Gasteiger partial charge in [0.25, 0.3) is 0 Å². The molecule has 3 N–H and O–H groups in total. The van der Waals surface area contributed by atoms with Gasteiger partial charge in [-0.25, -0.2) is 4.79 Å². The first-order chi connectivity index (χ1) is 17.9. The smallest absolute Gasteiger partial charge is 0.317 e. The van der Waals surface area contributed by atoms with E-state index in [0.29, 0.717) is 25.5 Å². The molecule has 1 aromatic carbocycles. The second-order valence-corrected chi connectivity index (χ2v) is 11.5. The van der Waals surface area contributed by atoms with Crippen LogP contribution in [0.1, 0.15) is 83.6 Å². The number of nitrogens with zero attached hydrogens (tertiary/aromatic N) is 1. The number of hydrogen-bond donors (Lipinski definition) is 3. The SMILES string of the molecule is CNCC(CC(C)C)NC(=O)N1CCC[C@@H](C(O)(CCCCOC)c2ccccc2OC2CCCC2)C1. The van der Waals surface area contributed by atoms with Crippen LogP contribution in [0, 0.1) is 11.8 Å². The third-order valence-electron chi connectivity index (χ3n) is 8.02. The third-order valence-corrected chi connectivity index (χ3v) is 8.02. The molecule has 0 radical (unpaired) electrons. The Morgan fingerprint density at radius 2 is 1.92 bits per heavy atom. The van der Waals surface area contributed by atoms with Crippen molar-refractivity contribution in [2.75, 3.05) is 40.4 Å². The number of para-hydroxylation sites is 1. The Labute approximate surface area is 224 Å². The lowest BCUT2D eigenvalue weighted by Gasteiger charge is -2.43. The zero-order valence-electron chi connectivity index (χ0n) is 23.6. The number of rotatable bonds is 14. The summed E-state index contributed by atoms with van der Waals surface area (Å²) in [6.45, 7) is 7.05. The van der Waals surface area contributed by atoms with Gasteiger partial charge in [-0.2, -0.15) is 0 Å². The van der Waals surface area contributed by atoms with Gasteiger partial charge in [0.1, 0.15) is 5.75 Å². The number of ether oxygens (including phenoxy) is 2. The van der Waals surface area contributed by atoms with Crippen LogP contribution in [0.25, 0.3) is 0 Å². The molecule has 1 aliphatic heterocycles. The van der Waals surface area contributed by atoms with E-state index in [2.05, 4.69) is 24.5 Å². The van der Waals surface area contributed by atoms with E-state index in [1.54, 1.807) is 7.11 Å². The van der Waals surface area contributed by atoms with Crippen LogP contribution in [0.2, 0.25) is 0 Å². The Morgan fingerprint density at radius 1 is 1.16 bits per heavy atom. The number of hydrogen-bond acceptors (Lipinski definition) is 5. The second-order valence-electron chi connectivity index (χ2n) is 11.5. The summed E-state index contributed by atoms with van der Waals surface area (Å²) in [5.41, 5.74) is -0.191. The summed E-state index contributed by atoms with van der Waals surface area (Å²) in [5, 5.41) is 18.9. The molecule has 0 aromatic heterocycles. The Hall–Kier alpha value is -1.83. The fourth-order valence-corrected chi connectivity index (χ4v) is 6.14. The maximum Gasteiger partial charge on any atom is 0.317 e. The summed E-state index contributed by atoms with van der Waals surface area (Å²) >= 11 is 0. The third kappa shape index (κ3) is 8.59. The van der Waals surface area contributed by atoms with E-state index in [4.69, 9.17) is 9.47 Å². The van der Waals surface area contributed by atoms with E-state index in [1.807, 2.05) is 36.2 Å².